The van der Waals surface area contributed by atoms with Crippen molar-refractivity contribution in [3.05, 3.63) is 65.6 Å². The molecule has 0 bridgehead atoms. The molecule has 0 saturated heterocycles. The molecular weight excluding hydrogens is 407 g/mol. The summed E-state index contributed by atoms with van der Waals surface area (Å²) in [5.41, 5.74) is 3.16. The molecule has 4 rings (SSSR count). The number of nitrogens with zero attached hydrogens (tertiary/aromatic N) is 1. The molecule has 0 amide bonds. The summed E-state index contributed by atoms with van der Waals surface area (Å²) in [6, 6.07) is 9.07. The number of alkyl halides is 3. The van der Waals surface area contributed by atoms with Crippen molar-refractivity contribution in [2.45, 2.75) is 39.0 Å². The third kappa shape index (κ3) is 4.20. The lowest BCUT2D eigenvalue weighted by Crippen LogP contribution is -2.26. The van der Waals surface area contributed by atoms with E-state index >= 15 is 0 Å². The summed E-state index contributed by atoms with van der Waals surface area (Å²) in [7, 11) is 0. The lowest BCUT2D eigenvalue weighted by Gasteiger charge is -2.28. The van der Waals surface area contributed by atoms with Gasteiger partial charge in [0.25, 0.3) is 0 Å². The average molecular weight is 429 g/mol. The standard InChI is InChI=1S/C23H22F3N3O2/c1-22(2)11-16-18(17(30)12-22)20(19(29-16)13-6-8-27-9-7-13)28-15-5-3-4-14(10-15)21(31)23(24,25)26/h3-10,21,28-29,31H,11-12H2,1-2H3. The van der Waals surface area contributed by atoms with Gasteiger partial charge in [0.2, 0.25) is 0 Å². The van der Waals surface area contributed by atoms with Gasteiger partial charge < -0.3 is 15.4 Å². The number of benzene rings is 1. The summed E-state index contributed by atoms with van der Waals surface area (Å²) in [5, 5.41) is 12.7. The van der Waals surface area contributed by atoms with Gasteiger partial charge in [-0.25, -0.2) is 0 Å². The molecule has 5 nitrogen and oxygen atoms in total. The second-order valence-corrected chi connectivity index (χ2v) is 8.60. The van der Waals surface area contributed by atoms with Crippen molar-refractivity contribution < 1.29 is 23.1 Å². The van der Waals surface area contributed by atoms with Gasteiger partial charge in [-0.15, -0.1) is 0 Å². The predicted octanol–water partition coefficient (Wildman–Crippen LogP) is 5.57. The van der Waals surface area contributed by atoms with Gasteiger partial charge in [0.15, 0.2) is 11.9 Å². The van der Waals surface area contributed by atoms with Gasteiger partial charge >= 0.3 is 6.18 Å². The van der Waals surface area contributed by atoms with E-state index in [1.807, 2.05) is 13.8 Å². The van der Waals surface area contributed by atoms with Crippen LogP contribution in [0, 0.1) is 5.41 Å². The molecule has 2 aromatic heterocycles. The van der Waals surface area contributed by atoms with E-state index in [9.17, 15) is 23.1 Å². The maximum absolute atomic E-state index is 13.0. The van der Waals surface area contributed by atoms with Crippen molar-refractivity contribution >= 4 is 17.2 Å². The van der Waals surface area contributed by atoms with Crippen LogP contribution in [0.5, 0.6) is 0 Å². The van der Waals surface area contributed by atoms with Crippen LogP contribution in [0.2, 0.25) is 0 Å². The van der Waals surface area contributed by atoms with E-state index in [0.29, 0.717) is 35.5 Å². The molecule has 0 fully saturated rings. The highest BCUT2D eigenvalue weighted by atomic mass is 19.4. The first-order valence-corrected chi connectivity index (χ1v) is 9.85. The number of nitrogens with one attached hydrogen (secondary N) is 2. The minimum atomic E-state index is -4.77. The number of hydrogen-bond donors (Lipinski definition) is 3. The van der Waals surface area contributed by atoms with Gasteiger partial charge in [-0.3, -0.25) is 9.78 Å². The lowest BCUT2D eigenvalue weighted by molar-refractivity contribution is -0.206. The van der Waals surface area contributed by atoms with Crippen LogP contribution in [0.25, 0.3) is 11.3 Å². The zero-order valence-corrected chi connectivity index (χ0v) is 17.0. The Bertz CT molecular complexity index is 1120. The van der Waals surface area contributed by atoms with Crippen molar-refractivity contribution in [1.82, 2.24) is 9.97 Å². The van der Waals surface area contributed by atoms with E-state index in [-0.39, 0.29) is 16.8 Å². The van der Waals surface area contributed by atoms with Gasteiger partial charge in [-0.1, -0.05) is 26.0 Å². The number of carbonyl (C=O) groups excluding carboxylic acids is 1. The van der Waals surface area contributed by atoms with Crippen molar-refractivity contribution in [3.63, 3.8) is 0 Å². The molecule has 8 heteroatoms. The van der Waals surface area contributed by atoms with Gasteiger partial charge in [0.1, 0.15) is 0 Å². The smallest absolute Gasteiger partial charge is 0.379 e. The fourth-order valence-corrected chi connectivity index (χ4v) is 4.04. The van der Waals surface area contributed by atoms with E-state index in [4.69, 9.17) is 0 Å². The number of fused-ring (bicyclic) bond motifs is 1. The van der Waals surface area contributed by atoms with Gasteiger partial charge in [0, 0.05) is 35.8 Å². The monoisotopic (exact) mass is 429 g/mol. The van der Waals surface area contributed by atoms with Gasteiger partial charge in [0.05, 0.1) is 16.9 Å². The predicted molar refractivity (Wildman–Crippen MR) is 111 cm³/mol. The van der Waals surface area contributed by atoms with Crippen LogP contribution < -0.4 is 5.32 Å². The first-order valence-electron chi connectivity index (χ1n) is 9.85. The van der Waals surface area contributed by atoms with Crippen LogP contribution >= 0.6 is 0 Å². The van der Waals surface area contributed by atoms with E-state index in [1.165, 1.54) is 18.2 Å². The molecule has 0 saturated carbocycles. The van der Waals surface area contributed by atoms with Crippen LogP contribution in [0.1, 0.15) is 48.0 Å². The van der Waals surface area contributed by atoms with Gasteiger partial charge in [-0.05, 0) is 41.7 Å². The average Bonchev–Trinajstić information content (AvgIpc) is 3.04. The van der Waals surface area contributed by atoms with Crippen molar-refractivity contribution in [2.24, 2.45) is 5.41 Å². The highest BCUT2D eigenvalue weighted by molar-refractivity contribution is 6.07. The maximum atomic E-state index is 13.0. The highest BCUT2D eigenvalue weighted by Crippen LogP contribution is 2.43. The number of anilines is 2. The fourth-order valence-electron chi connectivity index (χ4n) is 4.04. The summed E-state index contributed by atoms with van der Waals surface area (Å²) >= 11 is 0. The number of aliphatic hydroxyl groups excluding tert-OH is 1. The number of hydrogen-bond acceptors (Lipinski definition) is 4. The second kappa shape index (κ2) is 7.53. The lowest BCUT2D eigenvalue weighted by atomic mass is 9.76. The molecule has 3 aromatic rings. The summed E-state index contributed by atoms with van der Waals surface area (Å²) in [4.78, 5) is 20.4. The molecule has 1 aromatic carbocycles. The molecular formula is C23H22F3N3O2. The Labute approximate surface area is 177 Å². The van der Waals surface area contributed by atoms with Crippen LogP contribution in [0.4, 0.5) is 24.5 Å². The third-order valence-corrected chi connectivity index (χ3v) is 5.40. The zero-order chi connectivity index (χ0) is 22.4. The topological polar surface area (TPSA) is 78.0 Å². The number of carbonyl (C=O) groups is 1. The molecule has 1 unspecified atom stereocenters. The number of aromatic nitrogens is 2. The van der Waals surface area contributed by atoms with E-state index in [1.54, 1.807) is 30.6 Å². The number of Topliss-reactive ketones (excluding diaryl/α,β-unsaturated/α-hetero) is 1. The van der Waals surface area contributed by atoms with Crippen molar-refractivity contribution in [3.8, 4) is 11.3 Å². The Balaban J connectivity index is 1.80. The first kappa shape index (κ1) is 21.1. The first-order chi connectivity index (χ1) is 14.5. The Hall–Kier alpha value is -3.13. The molecule has 1 atom stereocenters. The Morgan fingerprint density at radius 3 is 2.55 bits per heavy atom. The number of aliphatic hydroxyl groups is 1. The Morgan fingerprint density at radius 2 is 1.87 bits per heavy atom. The van der Waals surface area contributed by atoms with Crippen molar-refractivity contribution in [2.75, 3.05) is 5.32 Å². The van der Waals surface area contributed by atoms with E-state index in [2.05, 4.69) is 15.3 Å². The van der Waals surface area contributed by atoms with Crippen LogP contribution in [-0.4, -0.2) is 27.0 Å². The molecule has 1 aliphatic carbocycles. The highest BCUT2D eigenvalue weighted by Gasteiger charge is 2.39. The number of halogens is 3. The van der Waals surface area contributed by atoms with Gasteiger partial charge in [-0.2, -0.15) is 13.2 Å². The number of ketones is 1. The third-order valence-electron chi connectivity index (χ3n) is 5.40. The molecule has 3 N–H and O–H groups in total. The molecule has 0 spiro atoms. The van der Waals surface area contributed by atoms with Crippen molar-refractivity contribution in [1.29, 1.82) is 0 Å². The SMILES string of the molecule is CC1(C)CC(=O)c2c([nH]c(-c3ccncc3)c2Nc2cccc(C(O)C(F)(F)F)c2)C1. The van der Waals surface area contributed by atoms with Crippen LogP contribution in [0.15, 0.2) is 48.8 Å². The zero-order valence-electron chi connectivity index (χ0n) is 17.0. The number of H-pyrrole nitrogens is 1. The normalized spacial score (nSPS) is 16.6. The summed E-state index contributed by atoms with van der Waals surface area (Å²) in [6.45, 7) is 4.05. The summed E-state index contributed by atoms with van der Waals surface area (Å²) in [6.07, 6.45) is -3.06. The fraction of sp³-hybridized carbons (Fsp3) is 0.304. The second-order valence-electron chi connectivity index (χ2n) is 8.60. The Kier molecular flexibility index (Phi) is 5.13. The largest absolute Gasteiger partial charge is 0.418 e. The van der Waals surface area contributed by atoms with E-state index < -0.39 is 12.3 Å². The number of aromatic amines is 1. The summed E-state index contributed by atoms with van der Waals surface area (Å²) in [5.74, 6) is -0.0308. The molecule has 162 valence electrons. The van der Waals surface area contributed by atoms with E-state index in [0.717, 1.165) is 11.3 Å². The minimum absolute atomic E-state index is 0.0308. The quantitative estimate of drug-likeness (QED) is 0.507. The molecule has 2 heterocycles. The summed E-state index contributed by atoms with van der Waals surface area (Å²) < 4.78 is 38.9. The maximum Gasteiger partial charge on any atom is 0.418 e. The molecule has 31 heavy (non-hydrogen) atoms. The minimum Gasteiger partial charge on any atom is -0.379 e. The number of pyridine rings is 1. The van der Waals surface area contributed by atoms with Crippen LogP contribution in [-0.2, 0) is 6.42 Å². The molecule has 0 aliphatic heterocycles. The molecule has 0 radical (unpaired) electrons. The Morgan fingerprint density at radius 1 is 1.16 bits per heavy atom. The van der Waals surface area contributed by atoms with Crippen LogP contribution in [0.3, 0.4) is 0 Å². The molecule has 1 aliphatic rings. The number of rotatable bonds is 4.